The van der Waals surface area contributed by atoms with Crippen LogP contribution in [0.3, 0.4) is 0 Å². The van der Waals surface area contributed by atoms with Gasteiger partial charge < -0.3 is 10.1 Å². The molecule has 1 aromatic heterocycles. The van der Waals surface area contributed by atoms with E-state index in [4.69, 9.17) is 16.3 Å². The molecule has 1 N–H and O–H groups in total. The van der Waals surface area contributed by atoms with Gasteiger partial charge in [0.25, 0.3) is 5.91 Å². The minimum Gasteiger partial charge on any atom is -0.375 e. The molecule has 3 aromatic rings. The molecule has 5 heteroatoms. The highest BCUT2D eigenvalue weighted by Gasteiger charge is 2.16. The maximum atomic E-state index is 12.4. The lowest BCUT2D eigenvalue weighted by atomic mass is 10.1. The average molecular weight is 346 g/mol. The Bertz CT molecular complexity index is 798. The van der Waals surface area contributed by atoms with E-state index in [0.29, 0.717) is 16.4 Å². The van der Waals surface area contributed by atoms with Gasteiger partial charge in [0.15, 0.2) is 0 Å². The molecular formula is C18H16ClNO2S. The van der Waals surface area contributed by atoms with E-state index in [1.54, 1.807) is 7.11 Å². The fourth-order valence-corrected chi connectivity index (χ4v) is 3.66. The molecule has 3 nitrogen and oxygen atoms in total. The second-order valence-corrected chi connectivity index (χ2v) is 6.60. The van der Waals surface area contributed by atoms with Gasteiger partial charge in [0.05, 0.1) is 4.88 Å². The van der Waals surface area contributed by atoms with Gasteiger partial charge in [0.2, 0.25) is 0 Å². The van der Waals surface area contributed by atoms with E-state index in [0.717, 1.165) is 15.6 Å². The van der Waals surface area contributed by atoms with E-state index in [-0.39, 0.29) is 12.0 Å². The van der Waals surface area contributed by atoms with Gasteiger partial charge in [-0.25, -0.2) is 0 Å². The number of hydrogen-bond acceptors (Lipinski definition) is 3. The molecule has 3 rings (SSSR count). The van der Waals surface area contributed by atoms with Crippen molar-refractivity contribution in [3.05, 3.63) is 70.1 Å². The summed E-state index contributed by atoms with van der Waals surface area (Å²) in [6, 6.07) is 17.4. The largest absolute Gasteiger partial charge is 0.375 e. The predicted molar refractivity (Wildman–Crippen MR) is 95.4 cm³/mol. The smallest absolute Gasteiger partial charge is 0.261 e. The fraction of sp³-hybridized carbons (Fsp3) is 0.167. The SMILES string of the molecule is CO[C@H](CNC(=O)c1cc2ccccc2s1)c1ccccc1Cl. The van der Waals surface area contributed by atoms with Crippen LogP contribution in [-0.2, 0) is 4.74 Å². The molecule has 1 amide bonds. The number of amides is 1. The Hall–Kier alpha value is -1.88. The van der Waals surface area contributed by atoms with Crippen LogP contribution in [0.4, 0.5) is 0 Å². The first-order valence-electron chi connectivity index (χ1n) is 7.23. The summed E-state index contributed by atoms with van der Waals surface area (Å²) in [6.45, 7) is 0.368. The first kappa shape index (κ1) is 16.0. The van der Waals surface area contributed by atoms with Crippen molar-refractivity contribution >= 4 is 38.9 Å². The van der Waals surface area contributed by atoms with E-state index in [2.05, 4.69) is 5.32 Å². The molecule has 1 heterocycles. The molecule has 0 aliphatic rings. The summed E-state index contributed by atoms with van der Waals surface area (Å²) in [6.07, 6.45) is -0.276. The molecule has 0 fully saturated rings. The normalized spacial score (nSPS) is 12.3. The van der Waals surface area contributed by atoms with Gasteiger partial charge in [-0.2, -0.15) is 0 Å². The number of halogens is 1. The van der Waals surface area contributed by atoms with Crippen molar-refractivity contribution < 1.29 is 9.53 Å². The summed E-state index contributed by atoms with van der Waals surface area (Å²) in [5.41, 5.74) is 0.869. The topological polar surface area (TPSA) is 38.3 Å². The fourth-order valence-electron chi connectivity index (χ4n) is 2.42. The summed E-state index contributed by atoms with van der Waals surface area (Å²) < 4.78 is 6.57. The summed E-state index contributed by atoms with van der Waals surface area (Å²) in [5.74, 6) is -0.0969. The second kappa shape index (κ2) is 7.13. The molecule has 0 unspecified atom stereocenters. The van der Waals surface area contributed by atoms with Crippen LogP contribution in [0.5, 0.6) is 0 Å². The average Bonchev–Trinajstić information content (AvgIpc) is 3.01. The number of fused-ring (bicyclic) bond motifs is 1. The third-order valence-corrected chi connectivity index (χ3v) is 5.09. The van der Waals surface area contributed by atoms with Gasteiger partial charge in [-0.1, -0.05) is 48.0 Å². The number of thiophene rings is 1. The Kier molecular flexibility index (Phi) is 4.96. The van der Waals surface area contributed by atoms with Gasteiger partial charge in [-0.15, -0.1) is 11.3 Å². The van der Waals surface area contributed by atoms with E-state index in [1.807, 2.05) is 54.6 Å². The summed E-state index contributed by atoms with van der Waals surface area (Å²) >= 11 is 7.68. The minimum atomic E-state index is -0.276. The van der Waals surface area contributed by atoms with Crippen LogP contribution in [0.2, 0.25) is 5.02 Å². The quantitative estimate of drug-likeness (QED) is 0.729. The Balaban J connectivity index is 1.71. The molecule has 23 heavy (non-hydrogen) atoms. The van der Waals surface area contributed by atoms with Crippen LogP contribution >= 0.6 is 22.9 Å². The highest BCUT2D eigenvalue weighted by molar-refractivity contribution is 7.20. The Morgan fingerprint density at radius 1 is 1.22 bits per heavy atom. The first-order valence-corrected chi connectivity index (χ1v) is 8.42. The van der Waals surface area contributed by atoms with Crippen molar-refractivity contribution in [2.45, 2.75) is 6.10 Å². The molecule has 1 atom stereocenters. The molecule has 0 saturated carbocycles. The zero-order valence-corrected chi connectivity index (χ0v) is 14.2. The van der Waals surface area contributed by atoms with Crippen LogP contribution in [0, 0.1) is 0 Å². The molecular weight excluding hydrogens is 330 g/mol. The predicted octanol–water partition coefficient (Wildman–Crippen LogP) is 4.67. The number of rotatable bonds is 5. The molecule has 0 radical (unpaired) electrons. The van der Waals surface area contributed by atoms with Crippen LogP contribution in [-0.4, -0.2) is 19.6 Å². The first-order chi connectivity index (χ1) is 11.2. The molecule has 2 aromatic carbocycles. The highest BCUT2D eigenvalue weighted by Crippen LogP contribution is 2.26. The number of hydrogen-bond donors (Lipinski definition) is 1. The third-order valence-electron chi connectivity index (χ3n) is 3.63. The molecule has 0 aliphatic carbocycles. The van der Waals surface area contributed by atoms with E-state index < -0.39 is 0 Å². The van der Waals surface area contributed by atoms with Gasteiger partial charge in [-0.05, 0) is 23.6 Å². The summed E-state index contributed by atoms with van der Waals surface area (Å²) in [7, 11) is 1.61. The van der Waals surface area contributed by atoms with E-state index >= 15 is 0 Å². The van der Waals surface area contributed by atoms with Crippen LogP contribution in [0.1, 0.15) is 21.3 Å². The van der Waals surface area contributed by atoms with Crippen LogP contribution in [0.25, 0.3) is 10.1 Å². The van der Waals surface area contributed by atoms with E-state index in [9.17, 15) is 4.79 Å². The van der Waals surface area contributed by atoms with Crippen molar-refractivity contribution in [1.29, 1.82) is 0 Å². The Morgan fingerprint density at radius 2 is 1.96 bits per heavy atom. The molecule has 0 spiro atoms. The zero-order chi connectivity index (χ0) is 16.2. The second-order valence-electron chi connectivity index (χ2n) is 5.10. The van der Waals surface area contributed by atoms with Crippen molar-refractivity contribution in [3.63, 3.8) is 0 Å². The summed E-state index contributed by atoms with van der Waals surface area (Å²) in [4.78, 5) is 13.1. The van der Waals surface area contributed by atoms with Crippen molar-refractivity contribution in [2.24, 2.45) is 0 Å². The number of benzene rings is 2. The van der Waals surface area contributed by atoms with E-state index in [1.165, 1.54) is 11.3 Å². The monoisotopic (exact) mass is 345 g/mol. The highest BCUT2D eigenvalue weighted by atomic mass is 35.5. The molecule has 0 aliphatic heterocycles. The van der Waals surface area contributed by atoms with Gasteiger partial charge in [0, 0.05) is 28.9 Å². The Labute approximate surface area is 143 Å². The van der Waals surface area contributed by atoms with Gasteiger partial charge in [0.1, 0.15) is 6.10 Å². The number of nitrogens with one attached hydrogen (secondary N) is 1. The number of ether oxygens (including phenoxy) is 1. The van der Waals surface area contributed by atoms with Crippen LogP contribution in [0.15, 0.2) is 54.6 Å². The molecule has 118 valence electrons. The third kappa shape index (κ3) is 3.55. The molecule has 0 saturated heterocycles. The Morgan fingerprint density at radius 3 is 2.70 bits per heavy atom. The lowest BCUT2D eigenvalue weighted by molar-refractivity contribution is 0.0831. The number of carbonyl (C=O) groups is 1. The lowest BCUT2D eigenvalue weighted by Gasteiger charge is -2.17. The van der Waals surface area contributed by atoms with Gasteiger partial charge >= 0.3 is 0 Å². The maximum absolute atomic E-state index is 12.4. The number of carbonyl (C=O) groups excluding carboxylic acids is 1. The van der Waals surface area contributed by atoms with Crippen LogP contribution < -0.4 is 5.32 Å². The van der Waals surface area contributed by atoms with Gasteiger partial charge in [-0.3, -0.25) is 4.79 Å². The molecule has 0 bridgehead atoms. The lowest BCUT2D eigenvalue weighted by Crippen LogP contribution is -2.28. The maximum Gasteiger partial charge on any atom is 0.261 e. The zero-order valence-electron chi connectivity index (χ0n) is 12.6. The minimum absolute atomic E-state index is 0.0969. The van der Waals surface area contributed by atoms with Crippen molar-refractivity contribution in [3.8, 4) is 0 Å². The standard InChI is InChI=1S/C18H16ClNO2S/c1-22-15(13-7-3-4-8-14(13)19)11-20-18(21)17-10-12-6-2-5-9-16(12)23-17/h2-10,15H,11H2,1H3,(H,20,21)/t15-/m1/s1. The van der Waals surface area contributed by atoms with Crippen molar-refractivity contribution in [1.82, 2.24) is 5.32 Å². The number of methoxy groups -OCH3 is 1. The van der Waals surface area contributed by atoms with Crippen molar-refractivity contribution in [2.75, 3.05) is 13.7 Å². The summed E-state index contributed by atoms with van der Waals surface area (Å²) in [5, 5.41) is 4.64.